The highest BCUT2D eigenvalue weighted by Gasteiger charge is 2.37. The Morgan fingerprint density at radius 3 is 2.87 bits per heavy atom. The minimum Gasteiger partial charge on any atom is -0.370 e. The second-order valence-corrected chi connectivity index (χ2v) is 8.05. The number of thioether (sulfide) groups is 1. The molecule has 0 aromatic carbocycles. The van der Waals surface area contributed by atoms with Gasteiger partial charge in [0.1, 0.15) is 0 Å². The molecule has 0 aromatic rings. The molecule has 0 saturated carbocycles. The molecule has 2 atom stereocenters. The summed E-state index contributed by atoms with van der Waals surface area (Å²) < 4.78 is 0. The summed E-state index contributed by atoms with van der Waals surface area (Å²) in [5.41, 5.74) is 5.57. The van der Waals surface area contributed by atoms with Crippen molar-refractivity contribution >= 4 is 23.6 Å². The highest BCUT2D eigenvalue weighted by atomic mass is 32.2. The molecule has 2 saturated heterocycles. The number of carbonyl (C=O) groups excluding carboxylic acids is 1. The number of primary amides is 1. The SMILES string of the molecule is CN=C(NCC1(N(C)C)CCSC1)N1CCCC(CC(N)=O)C1. The van der Waals surface area contributed by atoms with E-state index in [0.717, 1.165) is 44.2 Å². The number of likely N-dealkylation sites (tertiary alicyclic amines) is 1. The first kappa shape index (κ1) is 18.4. The maximum atomic E-state index is 11.2. The smallest absolute Gasteiger partial charge is 0.217 e. The number of piperidine rings is 1. The van der Waals surface area contributed by atoms with E-state index in [1.807, 2.05) is 18.8 Å². The molecule has 7 heteroatoms. The number of likely N-dealkylation sites (N-methyl/N-ethyl adjacent to an activating group) is 1. The Labute approximate surface area is 144 Å². The number of rotatable bonds is 5. The number of hydrogen-bond acceptors (Lipinski definition) is 4. The van der Waals surface area contributed by atoms with E-state index in [1.54, 1.807) is 0 Å². The number of nitrogens with one attached hydrogen (secondary N) is 1. The van der Waals surface area contributed by atoms with Crippen molar-refractivity contribution in [1.29, 1.82) is 0 Å². The van der Waals surface area contributed by atoms with Gasteiger partial charge < -0.3 is 20.9 Å². The van der Waals surface area contributed by atoms with Crippen LogP contribution in [0.4, 0.5) is 0 Å². The quantitative estimate of drug-likeness (QED) is 0.565. The summed E-state index contributed by atoms with van der Waals surface area (Å²) in [6.07, 6.45) is 3.85. The first-order valence-corrected chi connectivity index (χ1v) is 9.61. The van der Waals surface area contributed by atoms with Gasteiger partial charge in [0.05, 0.1) is 0 Å². The average molecular weight is 342 g/mol. The van der Waals surface area contributed by atoms with Crippen molar-refractivity contribution in [3.05, 3.63) is 0 Å². The summed E-state index contributed by atoms with van der Waals surface area (Å²) >= 11 is 2.02. The summed E-state index contributed by atoms with van der Waals surface area (Å²) in [4.78, 5) is 20.3. The Bertz CT molecular complexity index is 434. The van der Waals surface area contributed by atoms with Crippen LogP contribution < -0.4 is 11.1 Å². The number of nitrogens with zero attached hydrogens (tertiary/aromatic N) is 3. The van der Waals surface area contributed by atoms with Gasteiger partial charge >= 0.3 is 0 Å². The Morgan fingerprint density at radius 2 is 2.30 bits per heavy atom. The van der Waals surface area contributed by atoms with Crippen LogP contribution in [0.5, 0.6) is 0 Å². The van der Waals surface area contributed by atoms with Crippen LogP contribution in [-0.4, -0.2) is 79.5 Å². The topological polar surface area (TPSA) is 74.0 Å². The van der Waals surface area contributed by atoms with Crippen molar-refractivity contribution in [2.75, 3.05) is 52.3 Å². The number of guanidine groups is 1. The van der Waals surface area contributed by atoms with Crippen molar-refractivity contribution in [2.24, 2.45) is 16.6 Å². The fourth-order valence-electron chi connectivity index (χ4n) is 3.53. The number of nitrogens with two attached hydrogens (primary N) is 1. The lowest BCUT2D eigenvalue weighted by Crippen LogP contribution is -2.56. The molecule has 6 nitrogen and oxygen atoms in total. The van der Waals surface area contributed by atoms with Gasteiger partial charge in [0.15, 0.2) is 5.96 Å². The predicted molar refractivity (Wildman–Crippen MR) is 97.8 cm³/mol. The van der Waals surface area contributed by atoms with Crippen LogP contribution in [0.2, 0.25) is 0 Å². The summed E-state index contributed by atoms with van der Waals surface area (Å²) in [5.74, 6) is 3.49. The van der Waals surface area contributed by atoms with Crippen molar-refractivity contribution in [3.63, 3.8) is 0 Å². The number of carbonyl (C=O) groups is 1. The third-order valence-electron chi connectivity index (χ3n) is 5.13. The third-order valence-corrected chi connectivity index (χ3v) is 6.36. The molecule has 2 heterocycles. The van der Waals surface area contributed by atoms with Crippen LogP contribution in [0, 0.1) is 5.92 Å². The largest absolute Gasteiger partial charge is 0.370 e. The van der Waals surface area contributed by atoms with Gasteiger partial charge in [0.2, 0.25) is 5.91 Å². The first-order chi connectivity index (χ1) is 11.0. The Hall–Kier alpha value is -0.950. The summed E-state index contributed by atoms with van der Waals surface area (Å²) in [6, 6.07) is 0. The fraction of sp³-hybridized carbons (Fsp3) is 0.875. The molecule has 0 bridgehead atoms. The van der Waals surface area contributed by atoms with Crippen LogP contribution in [0.15, 0.2) is 4.99 Å². The zero-order valence-electron chi connectivity index (χ0n) is 14.7. The second-order valence-electron chi connectivity index (χ2n) is 6.95. The van der Waals surface area contributed by atoms with E-state index in [1.165, 1.54) is 12.2 Å². The number of amides is 1. The molecule has 0 aliphatic carbocycles. The van der Waals surface area contributed by atoms with Crippen LogP contribution >= 0.6 is 11.8 Å². The molecule has 23 heavy (non-hydrogen) atoms. The van der Waals surface area contributed by atoms with Gasteiger partial charge in [-0.2, -0.15) is 11.8 Å². The second kappa shape index (κ2) is 8.24. The van der Waals surface area contributed by atoms with Crippen molar-refractivity contribution in [2.45, 2.75) is 31.2 Å². The molecule has 2 unspecified atom stereocenters. The Balaban J connectivity index is 1.93. The van der Waals surface area contributed by atoms with E-state index in [4.69, 9.17) is 5.73 Å². The maximum Gasteiger partial charge on any atom is 0.217 e. The lowest BCUT2D eigenvalue weighted by Gasteiger charge is -2.39. The van der Waals surface area contributed by atoms with Crippen LogP contribution in [0.3, 0.4) is 0 Å². The lowest BCUT2D eigenvalue weighted by atomic mass is 9.94. The molecule has 2 aliphatic heterocycles. The highest BCUT2D eigenvalue weighted by Crippen LogP contribution is 2.31. The zero-order chi connectivity index (χ0) is 16.9. The Morgan fingerprint density at radius 1 is 1.52 bits per heavy atom. The van der Waals surface area contributed by atoms with E-state index in [9.17, 15) is 4.79 Å². The molecule has 2 aliphatic rings. The van der Waals surface area contributed by atoms with Crippen molar-refractivity contribution in [3.8, 4) is 0 Å². The third kappa shape index (κ3) is 4.76. The minimum absolute atomic E-state index is 0.200. The summed E-state index contributed by atoms with van der Waals surface area (Å²) in [7, 11) is 6.17. The van der Waals surface area contributed by atoms with Gasteiger partial charge in [-0.3, -0.25) is 9.79 Å². The molecular formula is C16H31N5OS. The van der Waals surface area contributed by atoms with E-state index in [2.05, 4.69) is 34.2 Å². The van der Waals surface area contributed by atoms with Gasteiger partial charge in [-0.15, -0.1) is 0 Å². The molecule has 1 amide bonds. The first-order valence-electron chi connectivity index (χ1n) is 8.46. The van der Waals surface area contributed by atoms with Crippen molar-refractivity contribution < 1.29 is 4.79 Å². The van der Waals surface area contributed by atoms with Crippen LogP contribution in [0.25, 0.3) is 0 Å². The van der Waals surface area contributed by atoms with Crippen LogP contribution in [0.1, 0.15) is 25.7 Å². The molecule has 0 radical (unpaired) electrons. The molecule has 0 spiro atoms. The highest BCUT2D eigenvalue weighted by molar-refractivity contribution is 7.99. The normalized spacial score (nSPS) is 29.1. The molecule has 2 rings (SSSR count). The number of aliphatic imine (C=N–C) groups is 1. The van der Waals surface area contributed by atoms with E-state index in [0.29, 0.717) is 12.3 Å². The fourth-order valence-corrected chi connectivity index (χ4v) is 5.08. The van der Waals surface area contributed by atoms with Crippen molar-refractivity contribution in [1.82, 2.24) is 15.1 Å². The predicted octanol–water partition coefficient (Wildman–Crippen LogP) is 0.587. The molecule has 2 fully saturated rings. The zero-order valence-corrected chi connectivity index (χ0v) is 15.5. The van der Waals surface area contributed by atoms with Gasteiger partial charge in [-0.1, -0.05) is 0 Å². The average Bonchev–Trinajstić information content (AvgIpc) is 2.98. The molecular weight excluding hydrogens is 310 g/mol. The number of hydrogen-bond donors (Lipinski definition) is 2. The molecule has 3 N–H and O–H groups in total. The van der Waals surface area contributed by atoms with Gasteiger partial charge in [-0.25, -0.2) is 0 Å². The van der Waals surface area contributed by atoms with E-state index < -0.39 is 0 Å². The maximum absolute atomic E-state index is 11.2. The standard InChI is InChI=1S/C16H31N5OS/c1-18-15(19-11-16(20(2)3)6-8-23-12-16)21-7-4-5-13(10-21)9-14(17)22/h13H,4-12H2,1-3H3,(H2,17,22)(H,18,19). The summed E-state index contributed by atoms with van der Waals surface area (Å²) in [6.45, 7) is 2.78. The molecule has 0 aromatic heterocycles. The van der Waals surface area contributed by atoms with E-state index in [-0.39, 0.29) is 11.4 Å². The Kier molecular flexibility index (Phi) is 6.59. The van der Waals surface area contributed by atoms with Gasteiger partial charge in [0.25, 0.3) is 0 Å². The minimum atomic E-state index is -0.200. The lowest BCUT2D eigenvalue weighted by molar-refractivity contribution is -0.119. The van der Waals surface area contributed by atoms with Gasteiger partial charge in [0, 0.05) is 44.4 Å². The van der Waals surface area contributed by atoms with E-state index >= 15 is 0 Å². The van der Waals surface area contributed by atoms with Crippen LogP contribution in [-0.2, 0) is 4.79 Å². The monoisotopic (exact) mass is 341 g/mol. The summed E-state index contributed by atoms with van der Waals surface area (Å²) in [5, 5.41) is 3.58. The van der Waals surface area contributed by atoms with Gasteiger partial charge in [-0.05, 0) is 45.0 Å². The molecule has 132 valence electrons.